The fourth-order valence-corrected chi connectivity index (χ4v) is 2.40. The molecule has 116 valence electrons. The van der Waals surface area contributed by atoms with Gasteiger partial charge in [0.1, 0.15) is 24.1 Å². The first-order valence-electron chi connectivity index (χ1n) is 6.50. The van der Waals surface area contributed by atoms with Crippen LogP contribution in [-0.4, -0.2) is 56.4 Å². The lowest BCUT2D eigenvalue weighted by atomic mass is 9.81. The van der Waals surface area contributed by atoms with Crippen LogP contribution in [0.25, 0.3) is 0 Å². The Balaban J connectivity index is 2.08. The van der Waals surface area contributed by atoms with E-state index in [-0.39, 0.29) is 18.7 Å². The van der Waals surface area contributed by atoms with Gasteiger partial charge < -0.3 is 25.2 Å². The van der Waals surface area contributed by atoms with Gasteiger partial charge in [0.2, 0.25) is 0 Å². The second-order valence-corrected chi connectivity index (χ2v) is 5.06. The van der Waals surface area contributed by atoms with Crippen molar-refractivity contribution in [2.45, 2.75) is 30.8 Å². The van der Waals surface area contributed by atoms with Gasteiger partial charge in [-0.3, -0.25) is 10.1 Å². The first-order chi connectivity index (χ1) is 9.93. The summed E-state index contributed by atoms with van der Waals surface area (Å²) in [5.41, 5.74) is -0.0877. The zero-order valence-electron chi connectivity index (χ0n) is 11.1. The molecular formula is C13H17NO7. The summed E-state index contributed by atoms with van der Waals surface area (Å²) in [5.74, 6) is -0.309. The predicted molar refractivity (Wildman–Crippen MR) is 70.7 cm³/mol. The van der Waals surface area contributed by atoms with E-state index in [4.69, 9.17) is 9.84 Å². The Hall–Kier alpha value is -1.74. The standard InChI is InChI=1S/C13H17NO7/c15-6-7-5-10(12(17)13(18)11(7)16)21-9-3-1-8(2-4-9)14(19)20/h1-4,7,10-13,15-18H,5-6H2. The zero-order chi connectivity index (χ0) is 15.6. The number of nitrogens with zero attached hydrogens (tertiary/aromatic N) is 1. The molecule has 8 heteroatoms. The van der Waals surface area contributed by atoms with Gasteiger partial charge in [0.25, 0.3) is 5.69 Å². The highest BCUT2D eigenvalue weighted by Crippen LogP contribution is 2.29. The van der Waals surface area contributed by atoms with Crippen LogP contribution in [0.5, 0.6) is 5.75 Å². The molecule has 1 saturated carbocycles. The topological polar surface area (TPSA) is 133 Å². The molecule has 0 amide bonds. The molecular weight excluding hydrogens is 282 g/mol. The highest BCUT2D eigenvalue weighted by Gasteiger charge is 2.43. The third-order valence-corrected chi connectivity index (χ3v) is 3.67. The van der Waals surface area contributed by atoms with Crippen LogP contribution in [0, 0.1) is 16.0 Å². The Morgan fingerprint density at radius 3 is 2.29 bits per heavy atom. The molecule has 0 radical (unpaired) electrons. The highest BCUT2D eigenvalue weighted by atomic mass is 16.6. The SMILES string of the molecule is O=[N+]([O-])c1ccc(OC2CC(CO)C(O)C(O)C2O)cc1. The van der Waals surface area contributed by atoms with Crippen LogP contribution in [0.3, 0.4) is 0 Å². The molecule has 2 rings (SSSR count). The Kier molecular flexibility index (Phi) is 4.73. The van der Waals surface area contributed by atoms with Crippen molar-refractivity contribution in [1.82, 2.24) is 0 Å². The van der Waals surface area contributed by atoms with E-state index in [9.17, 15) is 25.4 Å². The average molecular weight is 299 g/mol. The third-order valence-electron chi connectivity index (χ3n) is 3.67. The summed E-state index contributed by atoms with van der Waals surface area (Å²) >= 11 is 0. The van der Waals surface area contributed by atoms with Crippen LogP contribution < -0.4 is 4.74 Å². The molecule has 5 unspecified atom stereocenters. The monoisotopic (exact) mass is 299 g/mol. The fraction of sp³-hybridized carbons (Fsp3) is 0.538. The van der Waals surface area contributed by atoms with E-state index in [2.05, 4.69) is 0 Å². The summed E-state index contributed by atoms with van der Waals surface area (Å²) in [6.07, 6.45) is -4.60. The van der Waals surface area contributed by atoms with Gasteiger partial charge in [0.15, 0.2) is 0 Å². The zero-order valence-corrected chi connectivity index (χ0v) is 11.1. The lowest BCUT2D eigenvalue weighted by molar-refractivity contribution is -0.384. The summed E-state index contributed by atoms with van der Waals surface area (Å²) in [6, 6.07) is 5.30. The molecule has 5 atom stereocenters. The van der Waals surface area contributed by atoms with E-state index in [1.807, 2.05) is 0 Å². The summed E-state index contributed by atoms with van der Waals surface area (Å²) in [6.45, 7) is -0.342. The van der Waals surface area contributed by atoms with Gasteiger partial charge in [-0.25, -0.2) is 0 Å². The minimum Gasteiger partial charge on any atom is -0.488 e. The van der Waals surface area contributed by atoms with Gasteiger partial charge in [-0.2, -0.15) is 0 Å². The lowest BCUT2D eigenvalue weighted by Crippen LogP contribution is -2.56. The van der Waals surface area contributed by atoms with Crippen molar-refractivity contribution in [2.75, 3.05) is 6.61 Å². The van der Waals surface area contributed by atoms with Crippen LogP contribution in [0.2, 0.25) is 0 Å². The van der Waals surface area contributed by atoms with Crippen molar-refractivity contribution in [3.63, 3.8) is 0 Å². The van der Waals surface area contributed by atoms with Crippen LogP contribution in [0.4, 0.5) is 5.69 Å². The van der Waals surface area contributed by atoms with Crippen molar-refractivity contribution < 1.29 is 30.1 Å². The Bertz CT molecular complexity index is 490. The maximum Gasteiger partial charge on any atom is 0.269 e. The summed E-state index contributed by atoms with van der Waals surface area (Å²) in [5, 5.41) is 49.0. The smallest absolute Gasteiger partial charge is 0.269 e. The normalized spacial score (nSPS) is 32.7. The third kappa shape index (κ3) is 3.30. The van der Waals surface area contributed by atoms with Crippen molar-refractivity contribution in [1.29, 1.82) is 0 Å². The predicted octanol–water partition coefficient (Wildman–Crippen LogP) is -0.563. The molecule has 4 N–H and O–H groups in total. The van der Waals surface area contributed by atoms with Crippen LogP contribution in [-0.2, 0) is 0 Å². The molecule has 0 heterocycles. The van der Waals surface area contributed by atoms with Crippen LogP contribution >= 0.6 is 0 Å². The van der Waals surface area contributed by atoms with Gasteiger partial charge in [0, 0.05) is 24.7 Å². The van der Waals surface area contributed by atoms with E-state index in [0.717, 1.165) is 0 Å². The number of nitro groups is 1. The molecule has 1 aliphatic rings. The minimum atomic E-state index is -1.42. The van der Waals surface area contributed by atoms with Gasteiger partial charge in [-0.1, -0.05) is 0 Å². The second kappa shape index (κ2) is 6.35. The Morgan fingerprint density at radius 1 is 1.14 bits per heavy atom. The Labute approximate surface area is 120 Å². The van der Waals surface area contributed by atoms with Crippen molar-refractivity contribution in [3.8, 4) is 5.75 Å². The molecule has 21 heavy (non-hydrogen) atoms. The summed E-state index contributed by atoms with van der Waals surface area (Å²) in [7, 11) is 0. The van der Waals surface area contributed by atoms with Crippen molar-refractivity contribution in [2.24, 2.45) is 5.92 Å². The van der Waals surface area contributed by atoms with Gasteiger partial charge in [0.05, 0.1) is 11.0 Å². The maximum absolute atomic E-state index is 10.6. The number of rotatable bonds is 4. The van der Waals surface area contributed by atoms with E-state index >= 15 is 0 Å². The first-order valence-corrected chi connectivity index (χ1v) is 6.50. The molecule has 1 aromatic rings. The first kappa shape index (κ1) is 15.6. The minimum absolute atomic E-state index is 0.0877. The molecule has 1 fully saturated rings. The number of ether oxygens (including phenoxy) is 1. The van der Waals surface area contributed by atoms with Crippen molar-refractivity contribution >= 4 is 5.69 Å². The largest absolute Gasteiger partial charge is 0.488 e. The second-order valence-electron chi connectivity index (χ2n) is 5.06. The molecule has 0 saturated heterocycles. The lowest BCUT2D eigenvalue weighted by Gasteiger charge is -2.39. The number of hydrogen-bond acceptors (Lipinski definition) is 7. The number of aliphatic hydroxyl groups excluding tert-OH is 4. The number of aliphatic hydroxyl groups is 4. The van der Waals surface area contributed by atoms with E-state index in [0.29, 0.717) is 5.75 Å². The number of non-ortho nitro benzene ring substituents is 1. The van der Waals surface area contributed by atoms with E-state index < -0.39 is 35.3 Å². The average Bonchev–Trinajstić information content (AvgIpc) is 2.48. The Morgan fingerprint density at radius 2 is 1.76 bits per heavy atom. The quantitative estimate of drug-likeness (QED) is 0.432. The van der Waals surface area contributed by atoms with Gasteiger partial charge in [-0.05, 0) is 18.6 Å². The van der Waals surface area contributed by atoms with Gasteiger partial charge >= 0.3 is 0 Å². The van der Waals surface area contributed by atoms with Gasteiger partial charge in [-0.15, -0.1) is 0 Å². The fourth-order valence-electron chi connectivity index (χ4n) is 2.40. The van der Waals surface area contributed by atoms with Crippen LogP contribution in [0.1, 0.15) is 6.42 Å². The van der Waals surface area contributed by atoms with E-state index in [1.54, 1.807) is 0 Å². The summed E-state index contributed by atoms with van der Waals surface area (Å²) in [4.78, 5) is 10.0. The highest BCUT2D eigenvalue weighted by molar-refractivity contribution is 5.36. The molecule has 1 aromatic carbocycles. The molecule has 0 aromatic heterocycles. The van der Waals surface area contributed by atoms with Crippen LogP contribution in [0.15, 0.2) is 24.3 Å². The number of benzene rings is 1. The summed E-state index contributed by atoms with van der Waals surface area (Å²) < 4.78 is 5.50. The number of hydrogen-bond donors (Lipinski definition) is 4. The van der Waals surface area contributed by atoms with E-state index in [1.165, 1.54) is 24.3 Å². The molecule has 0 spiro atoms. The molecule has 0 aliphatic heterocycles. The maximum atomic E-state index is 10.6. The molecule has 0 bridgehead atoms. The molecule has 1 aliphatic carbocycles. The molecule has 8 nitrogen and oxygen atoms in total. The van der Waals surface area contributed by atoms with Crippen molar-refractivity contribution in [3.05, 3.63) is 34.4 Å². The number of nitro benzene ring substituents is 1.